The molecular weight excluding hydrogens is 378 g/mol. The molecule has 0 bridgehead atoms. The molecule has 146 valence electrons. The molecule has 3 heterocycles. The zero-order valence-corrected chi connectivity index (χ0v) is 16.4. The molecule has 1 unspecified atom stereocenters. The summed E-state index contributed by atoms with van der Waals surface area (Å²) >= 11 is 6.02. The lowest BCUT2D eigenvalue weighted by atomic mass is 9.94. The molecule has 1 fully saturated rings. The molecule has 3 aromatic rings. The van der Waals surface area contributed by atoms with Crippen LogP contribution < -0.4 is 10.2 Å². The van der Waals surface area contributed by atoms with Crippen LogP contribution in [0.15, 0.2) is 35.0 Å². The number of rotatable bonds is 5. The van der Waals surface area contributed by atoms with Crippen LogP contribution in [0.2, 0.25) is 5.02 Å². The van der Waals surface area contributed by atoms with Crippen molar-refractivity contribution < 1.29 is 9.21 Å². The van der Waals surface area contributed by atoms with Gasteiger partial charge in [-0.3, -0.25) is 14.8 Å². The monoisotopic (exact) mass is 399 g/mol. The van der Waals surface area contributed by atoms with E-state index in [0.29, 0.717) is 29.6 Å². The lowest BCUT2D eigenvalue weighted by molar-refractivity contribution is -0.122. The van der Waals surface area contributed by atoms with Crippen LogP contribution >= 0.6 is 11.6 Å². The molecule has 7 nitrogen and oxygen atoms in total. The number of aromatic nitrogens is 3. The van der Waals surface area contributed by atoms with Crippen molar-refractivity contribution in [2.45, 2.75) is 32.7 Å². The first-order chi connectivity index (χ1) is 13.6. The predicted molar refractivity (Wildman–Crippen MR) is 107 cm³/mol. The van der Waals surface area contributed by atoms with Gasteiger partial charge in [0.25, 0.3) is 6.01 Å². The molecule has 0 radical (unpaired) electrons. The third-order valence-electron chi connectivity index (χ3n) is 4.90. The van der Waals surface area contributed by atoms with E-state index in [4.69, 9.17) is 16.0 Å². The van der Waals surface area contributed by atoms with E-state index in [2.05, 4.69) is 25.2 Å². The molecule has 1 atom stereocenters. The average Bonchev–Trinajstić information content (AvgIpc) is 3.11. The summed E-state index contributed by atoms with van der Waals surface area (Å²) in [6.45, 7) is 3.90. The fraction of sp³-hybridized carbons (Fsp3) is 0.400. The molecule has 0 aliphatic carbocycles. The second-order valence-corrected chi connectivity index (χ2v) is 7.63. The van der Waals surface area contributed by atoms with E-state index in [1.165, 1.54) is 0 Å². The summed E-state index contributed by atoms with van der Waals surface area (Å²) in [5.41, 5.74) is 3.09. The summed E-state index contributed by atoms with van der Waals surface area (Å²) in [6, 6.07) is 6.03. The SMILES string of the molecule is Cc1cnc(CNC(=O)CC2CCCN(c3nc4ccc(Cl)cc4o3)C2)cn1. The Morgan fingerprint density at radius 2 is 2.25 bits per heavy atom. The molecular formula is C20H22ClN5O2. The van der Waals surface area contributed by atoms with Gasteiger partial charge >= 0.3 is 0 Å². The molecule has 0 saturated carbocycles. The molecule has 2 aromatic heterocycles. The number of nitrogens with zero attached hydrogens (tertiary/aromatic N) is 4. The van der Waals surface area contributed by atoms with Gasteiger partial charge in [-0.05, 0) is 37.8 Å². The Kier molecular flexibility index (Phi) is 5.43. The van der Waals surface area contributed by atoms with Crippen LogP contribution in [0.1, 0.15) is 30.7 Å². The minimum absolute atomic E-state index is 0.0265. The van der Waals surface area contributed by atoms with Gasteiger partial charge in [0, 0.05) is 36.8 Å². The summed E-state index contributed by atoms with van der Waals surface area (Å²) in [5.74, 6) is 0.287. The van der Waals surface area contributed by atoms with Gasteiger partial charge in [0.2, 0.25) is 5.91 Å². The van der Waals surface area contributed by atoms with Crippen LogP contribution in [-0.2, 0) is 11.3 Å². The number of carbonyl (C=O) groups excluding carboxylic acids is 1. The summed E-state index contributed by atoms with van der Waals surface area (Å²) < 4.78 is 5.87. The Labute approximate surface area is 168 Å². The molecule has 1 amide bonds. The Balaban J connectivity index is 1.33. The van der Waals surface area contributed by atoms with Gasteiger partial charge < -0.3 is 14.6 Å². The highest BCUT2D eigenvalue weighted by molar-refractivity contribution is 6.31. The largest absolute Gasteiger partial charge is 0.423 e. The highest BCUT2D eigenvalue weighted by atomic mass is 35.5. The number of carbonyl (C=O) groups is 1. The zero-order chi connectivity index (χ0) is 19.5. The third kappa shape index (κ3) is 4.42. The Morgan fingerprint density at radius 3 is 3.07 bits per heavy atom. The van der Waals surface area contributed by atoms with Crippen LogP contribution in [0, 0.1) is 12.8 Å². The third-order valence-corrected chi connectivity index (χ3v) is 5.14. The number of hydrogen-bond donors (Lipinski definition) is 1. The second kappa shape index (κ2) is 8.14. The number of halogens is 1. The number of nitrogens with one attached hydrogen (secondary N) is 1. The lowest BCUT2D eigenvalue weighted by Crippen LogP contribution is -2.38. The number of hydrogen-bond acceptors (Lipinski definition) is 6. The van der Waals surface area contributed by atoms with Crippen molar-refractivity contribution in [3.63, 3.8) is 0 Å². The standard InChI is InChI=1S/C20H22ClN5O2/c1-13-9-23-16(10-22-13)11-24-19(27)7-14-3-2-6-26(12-14)20-25-17-5-4-15(21)8-18(17)28-20/h4-5,8-10,14H,2-3,6-7,11-12H2,1H3,(H,24,27). The van der Waals surface area contributed by atoms with Crippen molar-refractivity contribution in [1.82, 2.24) is 20.3 Å². The number of benzene rings is 1. The number of aryl methyl sites for hydroxylation is 1. The maximum atomic E-state index is 12.3. The van der Waals surface area contributed by atoms with Crippen LogP contribution in [0.3, 0.4) is 0 Å². The van der Waals surface area contributed by atoms with Gasteiger partial charge in [-0.2, -0.15) is 4.98 Å². The first kappa shape index (κ1) is 18.7. The maximum absolute atomic E-state index is 12.3. The normalized spacial score (nSPS) is 17.1. The highest BCUT2D eigenvalue weighted by Crippen LogP contribution is 2.28. The van der Waals surface area contributed by atoms with Crippen molar-refractivity contribution in [3.8, 4) is 0 Å². The van der Waals surface area contributed by atoms with Crippen LogP contribution in [0.5, 0.6) is 0 Å². The summed E-state index contributed by atoms with van der Waals surface area (Å²) in [5, 5.41) is 3.56. The van der Waals surface area contributed by atoms with E-state index >= 15 is 0 Å². The van der Waals surface area contributed by atoms with Crippen molar-refractivity contribution >= 4 is 34.6 Å². The molecule has 8 heteroatoms. The Hall–Kier alpha value is -2.67. The van der Waals surface area contributed by atoms with E-state index in [9.17, 15) is 4.79 Å². The average molecular weight is 400 g/mol. The summed E-state index contributed by atoms with van der Waals surface area (Å²) in [4.78, 5) is 27.5. The number of fused-ring (bicyclic) bond motifs is 1. The van der Waals surface area contributed by atoms with Crippen LogP contribution in [0.4, 0.5) is 6.01 Å². The van der Waals surface area contributed by atoms with E-state index < -0.39 is 0 Å². The number of anilines is 1. The second-order valence-electron chi connectivity index (χ2n) is 7.19. The van der Waals surface area contributed by atoms with E-state index in [0.717, 1.165) is 42.8 Å². The smallest absolute Gasteiger partial charge is 0.298 e. The van der Waals surface area contributed by atoms with Crippen LogP contribution in [-0.4, -0.2) is 33.9 Å². The molecule has 1 aromatic carbocycles. The van der Waals surface area contributed by atoms with Gasteiger partial charge in [0.15, 0.2) is 5.58 Å². The van der Waals surface area contributed by atoms with Crippen molar-refractivity contribution in [2.24, 2.45) is 5.92 Å². The summed E-state index contributed by atoms with van der Waals surface area (Å²) in [7, 11) is 0. The predicted octanol–water partition coefficient (Wildman–Crippen LogP) is 3.50. The molecule has 1 aliphatic heterocycles. The molecule has 28 heavy (non-hydrogen) atoms. The quantitative estimate of drug-likeness (QED) is 0.706. The molecule has 1 N–H and O–H groups in total. The number of amides is 1. The van der Waals surface area contributed by atoms with E-state index in [-0.39, 0.29) is 11.8 Å². The molecule has 1 saturated heterocycles. The number of oxazole rings is 1. The minimum Gasteiger partial charge on any atom is -0.423 e. The number of piperidine rings is 1. The van der Waals surface area contributed by atoms with Gasteiger partial charge in [-0.1, -0.05) is 11.6 Å². The molecule has 0 spiro atoms. The van der Waals surface area contributed by atoms with Crippen molar-refractivity contribution in [2.75, 3.05) is 18.0 Å². The lowest BCUT2D eigenvalue weighted by Gasteiger charge is -2.31. The van der Waals surface area contributed by atoms with Crippen LogP contribution in [0.25, 0.3) is 11.1 Å². The first-order valence-corrected chi connectivity index (χ1v) is 9.80. The first-order valence-electron chi connectivity index (χ1n) is 9.42. The van der Waals surface area contributed by atoms with Gasteiger partial charge in [-0.25, -0.2) is 0 Å². The topological polar surface area (TPSA) is 84.2 Å². The van der Waals surface area contributed by atoms with Crippen molar-refractivity contribution in [3.05, 3.63) is 47.0 Å². The highest BCUT2D eigenvalue weighted by Gasteiger charge is 2.25. The van der Waals surface area contributed by atoms with Crippen molar-refractivity contribution in [1.29, 1.82) is 0 Å². The fourth-order valence-electron chi connectivity index (χ4n) is 3.46. The zero-order valence-electron chi connectivity index (χ0n) is 15.7. The van der Waals surface area contributed by atoms with Gasteiger partial charge in [0.1, 0.15) is 5.52 Å². The van der Waals surface area contributed by atoms with Gasteiger partial charge in [0.05, 0.1) is 24.1 Å². The van der Waals surface area contributed by atoms with E-state index in [1.54, 1.807) is 24.5 Å². The minimum atomic E-state index is 0.0265. The molecule has 4 rings (SSSR count). The Morgan fingerprint density at radius 1 is 1.36 bits per heavy atom. The Bertz CT molecular complexity index is 972. The maximum Gasteiger partial charge on any atom is 0.298 e. The summed E-state index contributed by atoms with van der Waals surface area (Å²) in [6.07, 6.45) is 5.88. The fourth-order valence-corrected chi connectivity index (χ4v) is 3.62. The van der Waals surface area contributed by atoms with E-state index in [1.807, 2.05) is 13.0 Å². The molecule has 1 aliphatic rings. The van der Waals surface area contributed by atoms with Gasteiger partial charge in [-0.15, -0.1) is 0 Å².